The van der Waals surface area contributed by atoms with Crippen molar-refractivity contribution in [2.75, 3.05) is 19.7 Å². The van der Waals surface area contributed by atoms with E-state index in [2.05, 4.69) is 12.1 Å². The van der Waals surface area contributed by atoms with Crippen molar-refractivity contribution in [2.24, 2.45) is 5.41 Å². The van der Waals surface area contributed by atoms with Crippen LogP contribution in [0.1, 0.15) is 30.0 Å². The van der Waals surface area contributed by atoms with Gasteiger partial charge in [0.05, 0.1) is 29.2 Å². The number of aryl methyl sites for hydroxylation is 1. The molecule has 0 spiro atoms. The van der Waals surface area contributed by atoms with Gasteiger partial charge >= 0.3 is 5.97 Å². The number of nitrogens with zero attached hydrogens (tertiary/aromatic N) is 3. The van der Waals surface area contributed by atoms with Crippen LogP contribution in [-0.2, 0) is 19.6 Å². The first kappa shape index (κ1) is 28.5. The minimum Gasteiger partial charge on any atom is -0.463 e. The fourth-order valence-corrected chi connectivity index (χ4v) is 6.12. The number of hydrogen-bond acceptors (Lipinski definition) is 6. The first-order valence-corrected chi connectivity index (χ1v) is 14.3. The highest BCUT2D eigenvalue weighted by Crippen LogP contribution is 2.43. The van der Waals surface area contributed by atoms with Gasteiger partial charge in [-0.25, -0.2) is 13.2 Å². The Labute approximate surface area is 235 Å². The van der Waals surface area contributed by atoms with E-state index in [1.807, 2.05) is 37.3 Å². The normalized spacial score (nSPS) is 19.1. The number of ether oxygens (including phenoxy) is 1. The third-order valence-corrected chi connectivity index (χ3v) is 8.64. The highest BCUT2D eigenvalue weighted by molar-refractivity contribution is 7.89. The van der Waals surface area contributed by atoms with Gasteiger partial charge in [0.2, 0.25) is 10.0 Å². The molecule has 202 valence electrons. The van der Waals surface area contributed by atoms with Gasteiger partial charge in [-0.3, -0.25) is 0 Å². The summed E-state index contributed by atoms with van der Waals surface area (Å²) in [6.07, 6.45) is 1.67. The number of carbonyl (C=O) groups excluding carboxylic acids is 1. The Morgan fingerprint density at radius 2 is 1.48 bits per heavy atom. The van der Waals surface area contributed by atoms with Crippen molar-refractivity contribution in [1.82, 2.24) is 4.31 Å². The summed E-state index contributed by atoms with van der Waals surface area (Å²) in [5.74, 6) is -0.775. The van der Waals surface area contributed by atoms with Crippen molar-refractivity contribution in [3.63, 3.8) is 0 Å². The lowest BCUT2D eigenvalue weighted by Crippen LogP contribution is -2.36. The average Bonchev–Trinajstić information content (AvgIpc) is 3.05. The molecule has 4 rings (SSSR count). The lowest BCUT2D eigenvalue weighted by molar-refractivity contribution is -0.138. The molecule has 0 fully saturated rings. The van der Waals surface area contributed by atoms with Gasteiger partial charge in [0.15, 0.2) is 5.41 Å². The number of rotatable bonds is 6. The molecule has 3 aromatic rings. The predicted molar refractivity (Wildman–Crippen MR) is 153 cm³/mol. The zero-order chi connectivity index (χ0) is 28.8. The van der Waals surface area contributed by atoms with E-state index >= 15 is 0 Å². The quantitative estimate of drug-likeness (QED) is 0.373. The molecule has 1 heterocycles. The topological polar surface area (TPSA) is 111 Å². The number of nitriles is 2. The van der Waals surface area contributed by atoms with Gasteiger partial charge in [-0.05, 0) is 42.7 Å². The van der Waals surface area contributed by atoms with E-state index in [0.717, 1.165) is 11.1 Å². The molecule has 0 saturated heterocycles. The zero-order valence-corrected chi connectivity index (χ0v) is 23.2. The summed E-state index contributed by atoms with van der Waals surface area (Å²) in [5, 5.41) is 21.0. The molecule has 0 N–H and O–H groups in total. The summed E-state index contributed by atoms with van der Waals surface area (Å²) in [6.45, 7) is 3.07. The second-order valence-electron chi connectivity index (χ2n) is 9.45. The molecule has 1 aliphatic rings. The number of allylic oxidation sites excluding steroid dienone is 2. The van der Waals surface area contributed by atoms with Gasteiger partial charge in [0.25, 0.3) is 0 Å². The highest BCUT2D eigenvalue weighted by Gasteiger charge is 2.42. The summed E-state index contributed by atoms with van der Waals surface area (Å²) in [7, 11) is -4.13. The SMILES string of the molecule is CCOC(=O)/C1=C(\c2ccccc2)C(C#N)(C#N)C/C=C(/c2ccccc2)CN(S(=O)(=O)c2ccc(C)cc2)C1. The van der Waals surface area contributed by atoms with E-state index in [9.17, 15) is 23.7 Å². The molecule has 0 unspecified atom stereocenters. The van der Waals surface area contributed by atoms with Crippen LogP contribution >= 0.6 is 0 Å². The maximum Gasteiger partial charge on any atom is 0.335 e. The predicted octanol–water partition coefficient (Wildman–Crippen LogP) is 5.52. The molecule has 0 aromatic heterocycles. The summed E-state index contributed by atoms with van der Waals surface area (Å²) in [6, 6.07) is 28.7. The number of esters is 1. The maximum atomic E-state index is 14.1. The van der Waals surface area contributed by atoms with Crippen LogP contribution in [0.4, 0.5) is 0 Å². The van der Waals surface area contributed by atoms with E-state index in [1.54, 1.807) is 55.5 Å². The minimum absolute atomic E-state index is 0.0364. The highest BCUT2D eigenvalue weighted by atomic mass is 32.2. The Morgan fingerprint density at radius 1 is 0.900 bits per heavy atom. The number of carbonyl (C=O) groups is 1. The van der Waals surface area contributed by atoms with Crippen molar-refractivity contribution in [3.05, 3.63) is 113 Å². The van der Waals surface area contributed by atoms with Gasteiger partial charge in [-0.1, -0.05) is 84.4 Å². The Hall–Kier alpha value is -4.50. The molecular formula is C32H29N3O4S. The Kier molecular flexibility index (Phi) is 8.64. The first-order valence-electron chi connectivity index (χ1n) is 12.9. The molecule has 3 aromatic carbocycles. The molecule has 0 bridgehead atoms. The van der Waals surface area contributed by atoms with E-state index in [0.29, 0.717) is 11.1 Å². The van der Waals surface area contributed by atoms with Gasteiger partial charge < -0.3 is 4.74 Å². The van der Waals surface area contributed by atoms with Gasteiger partial charge in [-0.15, -0.1) is 0 Å². The second-order valence-corrected chi connectivity index (χ2v) is 11.4. The van der Waals surface area contributed by atoms with Crippen LogP contribution in [0.5, 0.6) is 0 Å². The van der Waals surface area contributed by atoms with Crippen molar-refractivity contribution < 1.29 is 17.9 Å². The molecule has 0 radical (unpaired) electrons. The molecule has 1 aliphatic heterocycles. The molecular weight excluding hydrogens is 522 g/mol. The van der Waals surface area contributed by atoms with Crippen LogP contribution in [0.2, 0.25) is 0 Å². The van der Waals surface area contributed by atoms with E-state index in [4.69, 9.17) is 4.74 Å². The molecule has 0 aliphatic carbocycles. The van der Waals surface area contributed by atoms with E-state index in [-0.39, 0.29) is 35.6 Å². The Morgan fingerprint density at radius 3 is 2.02 bits per heavy atom. The second kappa shape index (κ2) is 12.1. The average molecular weight is 552 g/mol. The number of benzene rings is 3. The summed E-state index contributed by atoms with van der Waals surface area (Å²) >= 11 is 0. The molecule has 8 heteroatoms. The van der Waals surface area contributed by atoms with Gasteiger partial charge in [0, 0.05) is 25.1 Å². The van der Waals surface area contributed by atoms with Crippen LogP contribution in [0.15, 0.2) is 101 Å². The number of sulfonamides is 1. The molecule has 0 saturated carbocycles. The van der Waals surface area contributed by atoms with Gasteiger partial charge in [0.1, 0.15) is 0 Å². The fraction of sp³-hybridized carbons (Fsp3) is 0.219. The van der Waals surface area contributed by atoms with Crippen molar-refractivity contribution in [2.45, 2.75) is 25.2 Å². The van der Waals surface area contributed by atoms with E-state index < -0.39 is 28.0 Å². The zero-order valence-electron chi connectivity index (χ0n) is 22.4. The third-order valence-electron chi connectivity index (χ3n) is 6.83. The van der Waals surface area contributed by atoms with E-state index in [1.165, 1.54) is 16.4 Å². The number of hydrogen-bond donors (Lipinski definition) is 0. The van der Waals surface area contributed by atoms with Gasteiger partial charge in [-0.2, -0.15) is 14.8 Å². The molecule has 0 amide bonds. The van der Waals surface area contributed by atoms with Crippen LogP contribution in [0.25, 0.3) is 11.1 Å². The lowest BCUT2D eigenvalue weighted by Gasteiger charge is -2.27. The van der Waals surface area contributed by atoms with Crippen molar-refractivity contribution in [3.8, 4) is 12.1 Å². The summed E-state index contributed by atoms with van der Waals surface area (Å²) < 4.78 is 34.8. The Bertz CT molecular complexity index is 1620. The summed E-state index contributed by atoms with van der Waals surface area (Å²) in [5.41, 5.74) is 1.05. The fourth-order valence-electron chi connectivity index (χ4n) is 4.73. The van der Waals surface area contributed by atoms with Crippen molar-refractivity contribution >= 4 is 27.1 Å². The molecule has 7 nitrogen and oxygen atoms in total. The largest absolute Gasteiger partial charge is 0.463 e. The van der Waals surface area contributed by atoms with Crippen LogP contribution in [0.3, 0.4) is 0 Å². The first-order chi connectivity index (χ1) is 19.3. The lowest BCUT2D eigenvalue weighted by atomic mass is 9.74. The summed E-state index contributed by atoms with van der Waals surface area (Å²) in [4.78, 5) is 13.6. The Balaban J connectivity index is 2.05. The van der Waals surface area contributed by atoms with Crippen LogP contribution < -0.4 is 0 Å². The minimum atomic E-state index is -4.13. The maximum absolute atomic E-state index is 14.1. The molecule has 40 heavy (non-hydrogen) atoms. The monoisotopic (exact) mass is 551 g/mol. The van der Waals surface area contributed by atoms with Crippen LogP contribution in [-0.4, -0.2) is 38.4 Å². The standard InChI is InChI=1S/C32H29N3O4S/c1-3-39-31(36)29-21-35(40(37,38)28-16-14-24(2)15-17-28)20-27(25-10-6-4-7-11-25)18-19-32(22-33,23-34)30(29)26-12-8-5-9-13-26/h4-18H,3,19-21H2,1-2H3/b27-18+,30-29+. The third kappa shape index (κ3) is 5.74. The van der Waals surface area contributed by atoms with Crippen molar-refractivity contribution in [1.29, 1.82) is 10.5 Å². The van der Waals surface area contributed by atoms with Crippen LogP contribution in [0, 0.1) is 35.0 Å². The smallest absolute Gasteiger partial charge is 0.335 e. The molecule has 0 atom stereocenters.